The lowest BCUT2D eigenvalue weighted by molar-refractivity contribution is 0.182. The Hall–Kier alpha value is -1.56. The normalized spacial score (nSPS) is 12.2. The Morgan fingerprint density at radius 2 is 2.17 bits per heavy atom. The highest BCUT2D eigenvalue weighted by Crippen LogP contribution is 2.25. The first-order chi connectivity index (χ1) is 8.72. The molecule has 0 radical (unpaired) electrons. The SMILES string of the molecule is CCCC(COC)Nc1ncnc(OCC)c1N. The minimum absolute atomic E-state index is 0.187. The third-order valence-corrected chi connectivity index (χ3v) is 2.47. The molecule has 0 aromatic carbocycles. The lowest BCUT2D eigenvalue weighted by atomic mass is 10.2. The van der Waals surface area contributed by atoms with Gasteiger partial charge in [-0.1, -0.05) is 13.3 Å². The van der Waals surface area contributed by atoms with Crippen molar-refractivity contribution in [2.24, 2.45) is 0 Å². The van der Waals surface area contributed by atoms with Gasteiger partial charge in [-0.05, 0) is 13.3 Å². The fourth-order valence-corrected chi connectivity index (χ4v) is 1.69. The molecular weight excluding hydrogens is 232 g/mol. The van der Waals surface area contributed by atoms with Crippen LogP contribution in [0.4, 0.5) is 11.5 Å². The summed E-state index contributed by atoms with van der Waals surface area (Å²) in [6, 6.07) is 0.187. The fraction of sp³-hybridized carbons (Fsp3) is 0.667. The van der Waals surface area contributed by atoms with Crippen molar-refractivity contribution in [3.63, 3.8) is 0 Å². The van der Waals surface area contributed by atoms with E-state index in [1.807, 2.05) is 6.92 Å². The third kappa shape index (κ3) is 4.03. The predicted molar refractivity (Wildman–Crippen MR) is 71.8 cm³/mol. The van der Waals surface area contributed by atoms with E-state index in [0.29, 0.717) is 30.6 Å². The number of nitrogens with one attached hydrogen (secondary N) is 1. The first-order valence-electron chi connectivity index (χ1n) is 6.21. The van der Waals surface area contributed by atoms with Gasteiger partial charge >= 0.3 is 0 Å². The lowest BCUT2D eigenvalue weighted by Crippen LogP contribution is -2.26. The zero-order valence-electron chi connectivity index (χ0n) is 11.3. The van der Waals surface area contributed by atoms with Crippen LogP contribution in [0, 0.1) is 0 Å². The summed E-state index contributed by atoms with van der Waals surface area (Å²) in [5.41, 5.74) is 6.40. The highest BCUT2D eigenvalue weighted by Gasteiger charge is 2.13. The number of aromatic nitrogens is 2. The van der Waals surface area contributed by atoms with E-state index in [2.05, 4.69) is 22.2 Å². The maximum Gasteiger partial charge on any atom is 0.242 e. The highest BCUT2D eigenvalue weighted by atomic mass is 16.5. The number of hydrogen-bond acceptors (Lipinski definition) is 6. The van der Waals surface area contributed by atoms with E-state index in [0.717, 1.165) is 12.8 Å². The molecule has 0 amide bonds. The quantitative estimate of drug-likeness (QED) is 0.734. The van der Waals surface area contributed by atoms with Gasteiger partial charge in [0.1, 0.15) is 12.0 Å². The van der Waals surface area contributed by atoms with E-state index in [1.54, 1.807) is 7.11 Å². The number of methoxy groups -OCH3 is 1. The van der Waals surface area contributed by atoms with Crippen molar-refractivity contribution in [2.45, 2.75) is 32.7 Å². The molecular formula is C12H22N4O2. The summed E-state index contributed by atoms with van der Waals surface area (Å²) in [7, 11) is 1.68. The van der Waals surface area contributed by atoms with Crippen molar-refractivity contribution in [2.75, 3.05) is 31.4 Å². The largest absolute Gasteiger partial charge is 0.476 e. The summed E-state index contributed by atoms with van der Waals surface area (Å²) in [5, 5.41) is 3.27. The molecule has 102 valence electrons. The number of anilines is 2. The minimum Gasteiger partial charge on any atom is -0.476 e. The molecule has 1 heterocycles. The molecule has 0 bridgehead atoms. The summed E-state index contributed by atoms with van der Waals surface area (Å²) >= 11 is 0. The van der Waals surface area contributed by atoms with Gasteiger partial charge in [0, 0.05) is 7.11 Å². The third-order valence-electron chi connectivity index (χ3n) is 2.47. The molecule has 0 saturated carbocycles. The standard InChI is InChI=1S/C12H22N4O2/c1-4-6-9(7-17-3)16-11-10(13)12(18-5-2)15-8-14-11/h8-9H,4-7,13H2,1-3H3,(H,14,15,16). The lowest BCUT2D eigenvalue weighted by Gasteiger charge is -2.19. The number of nitrogens with zero attached hydrogens (tertiary/aromatic N) is 2. The van der Waals surface area contributed by atoms with Crippen molar-refractivity contribution in [3.8, 4) is 5.88 Å². The van der Waals surface area contributed by atoms with Crippen molar-refractivity contribution in [1.29, 1.82) is 0 Å². The van der Waals surface area contributed by atoms with Gasteiger partial charge in [0.05, 0.1) is 19.3 Å². The van der Waals surface area contributed by atoms with Crippen molar-refractivity contribution in [1.82, 2.24) is 9.97 Å². The molecule has 0 aliphatic carbocycles. The molecule has 6 heteroatoms. The molecule has 0 aliphatic rings. The number of rotatable bonds is 8. The number of hydrogen-bond donors (Lipinski definition) is 2. The number of nitrogens with two attached hydrogens (primary N) is 1. The zero-order valence-corrected chi connectivity index (χ0v) is 11.3. The molecule has 1 rings (SSSR count). The van der Waals surface area contributed by atoms with Crippen LogP contribution in [0.15, 0.2) is 6.33 Å². The van der Waals surface area contributed by atoms with Crippen molar-refractivity contribution < 1.29 is 9.47 Å². The molecule has 1 aromatic heterocycles. The molecule has 1 atom stereocenters. The Kier molecular flexibility index (Phi) is 6.21. The first kappa shape index (κ1) is 14.5. The molecule has 0 spiro atoms. The highest BCUT2D eigenvalue weighted by molar-refractivity contribution is 5.66. The Morgan fingerprint density at radius 3 is 2.78 bits per heavy atom. The van der Waals surface area contributed by atoms with Crippen LogP contribution in [-0.2, 0) is 4.74 Å². The molecule has 1 unspecified atom stereocenters. The van der Waals surface area contributed by atoms with Crippen LogP contribution in [0.1, 0.15) is 26.7 Å². The first-order valence-corrected chi connectivity index (χ1v) is 6.21. The summed E-state index contributed by atoms with van der Waals surface area (Å²) in [6.07, 6.45) is 3.49. The van der Waals surface area contributed by atoms with E-state index in [4.69, 9.17) is 15.2 Å². The van der Waals surface area contributed by atoms with Crippen molar-refractivity contribution in [3.05, 3.63) is 6.33 Å². The van der Waals surface area contributed by atoms with E-state index < -0.39 is 0 Å². The summed E-state index contributed by atoms with van der Waals surface area (Å²) < 4.78 is 10.5. The Morgan fingerprint density at radius 1 is 1.39 bits per heavy atom. The van der Waals surface area contributed by atoms with Gasteiger partial charge in [0.25, 0.3) is 0 Å². The second-order valence-electron chi connectivity index (χ2n) is 3.96. The molecule has 3 N–H and O–H groups in total. The van der Waals surface area contributed by atoms with Gasteiger partial charge in [0.15, 0.2) is 5.82 Å². The summed E-state index contributed by atoms with van der Waals surface area (Å²) in [6.45, 7) is 5.15. The molecule has 0 fully saturated rings. The van der Waals surface area contributed by atoms with Gasteiger partial charge in [-0.15, -0.1) is 0 Å². The summed E-state index contributed by atoms with van der Waals surface area (Å²) in [5.74, 6) is 1.02. The molecule has 0 aliphatic heterocycles. The van der Waals surface area contributed by atoms with Crippen LogP contribution in [-0.4, -0.2) is 36.3 Å². The average molecular weight is 254 g/mol. The second kappa shape index (κ2) is 7.71. The molecule has 6 nitrogen and oxygen atoms in total. The fourth-order valence-electron chi connectivity index (χ4n) is 1.69. The van der Waals surface area contributed by atoms with Crippen LogP contribution in [0.3, 0.4) is 0 Å². The molecule has 0 saturated heterocycles. The maximum absolute atomic E-state index is 5.96. The van der Waals surface area contributed by atoms with Gasteiger partial charge in [-0.2, -0.15) is 4.98 Å². The average Bonchev–Trinajstić information content (AvgIpc) is 2.35. The number of nitrogen functional groups attached to an aromatic ring is 1. The molecule has 18 heavy (non-hydrogen) atoms. The minimum atomic E-state index is 0.187. The second-order valence-corrected chi connectivity index (χ2v) is 3.96. The van der Waals surface area contributed by atoms with Crippen LogP contribution in [0.2, 0.25) is 0 Å². The summed E-state index contributed by atoms with van der Waals surface area (Å²) in [4.78, 5) is 8.14. The van der Waals surface area contributed by atoms with Crippen molar-refractivity contribution >= 4 is 11.5 Å². The van der Waals surface area contributed by atoms with Crippen LogP contribution in [0.25, 0.3) is 0 Å². The van der Waals surface area contributed by atoms with E-state index in [9.17, 15) is 0 Å². The smallest absolute Gasteiger partial charge is 0.242 e. The van der Waals surface area contributed by atoms with Gasteiger partial charge < -0.3 is 20.5 Å². The number of ether oxygens (including phenoxy) is 2. The Labute approximate surface area is 108 Å². The van der Waals surface area contributed by atoms with Gasteiger partial charge in [0.2, 0.25) is 5.88 Å². The van der Waals surface area contributed by atoms with Gasteiger partial charge in [-0.3, -0.25) is 0 Å². The van der Waals surface area contributed by atoms with E-state index >= 15 is 0 Å². The Balaban J connectivity index is 2.78. The molecule has 1 aromatic rings. The van der Waals surface area contributed by atoms with Crippen LogP contribution >= 0.6 is 0 Å². The van der Waals surface area contributed by atoms with Crippen LogP contribution < -0.4 is 15.8 Å². The monoisotopic (exact) mass is 254 g/mol. The maximum atomic E-state index is 5.96. The Bertz CT molecular complexity index is 354. The van der Waals surface area contributed by atoms with Gasteiger partial charge in [-0.25, -0.2) is 4.98 Å². The predicted octanol–water partition coefficient (Wildman–Crippen LogP) is 1.68. The van der Waals surface area contributed by atoms with E-state index in [1.165, 1.54) is 6.33 Å². The zero-order chi connectivity index (χ0) is 13.4. The van der Waals surface area contributed by atoms with E-state index in [-0.39, 0.29) is 6.04 Å². The topological polar surface area (TPSA) is 82.3 Å². The van der Waals surface area contributed by atoms with Crippen LogP contribution in [0.5, 0.6) is 5.88 Å².